The molecule has 1 heterocycles. The molecule has 3 nitrogen and oxygen atoms in total. The number of carbonyl (C=O) groups is 1. The average Bonchev–Trinajstić information content (AvgIpc) is 3.18. The van der Waals surface area contributed by atoms with Crippen LogP contribution in [0.15, 0.2) is 30.5 Å². The molecule has 0 bridgehead atoms. The molecule has 9 heteroatoms. The molecular formula is C17H15F5N2OS. The number of hydrogen-bond donors (Lipinski definition) is 1. The van der Waals surface area contributed by atoms with Gasteiger partial charge in [-0.2, -0.15) is 13.2 Å². The maximum Gasteiger partial charge on any atom is 0.416 e. The van der Waals surface area contributed by atoms with Crippen LogP contribution in [0.2, 0.25) is 0 Å². The van der Waals surface area contributed by atoms with Crippen LogP contribution in [0, 0.1) is 5.92 Å². The van der Waals surface area contributed by atoms with Crippen LogP contribution in [0.4, 0.5) is 27.1 Å². The van der Waals surface area contributed by atoms with Crippen LogP contribution in [0.25, 0.3) is 0 Å². The van der Waals surface area contributed by atoms with Crippen LogP contribution in [0.5, 0.6) is 0 Å². The second-order valence-corrected chi connectivity index (χ2v) is 7.31. The van der Waals surface area contributed by atoms with Gasteiger partial charge in [0.2, 0.25) is 11.7 Å². The van der Waals surface area contributed by atoms with Crippen molar-refractivity contribution < 1.29 is 26.7 Å². The maximum atomic E-state index is 13.2. The third-order valence-electron chi connectivity index (χ3n) is 4.23. The van der Waals surface area contributed by atoms with Crippen molar-refractivity contribution >= 4 is 22.3 Å². The van der Waals surface area contributed by atoms with Crippen molar-refractivity contribution in [2.75, 3.05) is 11.9 Å². The Morgan fingerprint density at radius 3 is 2.77 bits per heavy atom. The van der Waals surface area contributed by atoms with Gasteiger partial charge in [-0.3, -0.25) is 4.79 Å². The van der Waals surface area contributed by atoms with E-state index in [0.29, 0.717) is 18.1 Å². The number of benzene rings is 1. The monoisotopic (exact) mass is 390 g/mol. The van der Waals surface area contributed by atoms with Crippen LogP contribution in [-0.4, -0.2) is 23.2 Å². The first-order valence-electron chi connectivity index (χ1n) is 7.93. The number of aromatic nitrogens is 1. The van der Waals surface area contributed by atoms with Crippen molar-refractivity contribution in [3.05, 3.63) is 46.5 Å². The van der Waals surface area contributed by atoms with Gasteiger partial charge in [-0.1, -0.05) is 23.5 Å². The second-order valence-electron chi connectivity index (χ2n) is 6.28. The molecule has 0 aliphatic heterocycles. The van der Waals surface area contributed by atoms with Crippen molar-refractivity contribution in [1.82, 2.24) is 4.98 Å². The SMILES string of the molecule is O=C(c1cccc(C(F)(F)F)c1)c1cnc(NCC2CCC(F)(F)C2)s1. The first kappa shape index (κ1) is 18.8. The Hall–Kier alpha value is -2.03. The lowest BCUT2D eigenvalue weighted by Gasteiger charge is -2.10. The Morgan fingerprint density at radius 2 is 2.12 bits per heavy atom. The highest BCUT2D eigenvalue weighted by Gasteiger charge is 2.39. The molecule has 140 valence electrons. The van der Waals surface area contributed by atoms with Crippen molar-refractivity contribution in [2.45, 2.75) is 31.4 Å². The highest BCUT2D eigenvalue weighted by molar-refractivity contribution is 7.17. The summed E-state index contributed by atoms with van der Waals surface area (Å²) in [6.45, 7) is 0.320. The summed E-state index contributed by atoms with van der Waals surface area (Å²) >= 11 is 0.992. The molecule has 2 aromatic rings. The lowest BCUT2D eigenvalue weighted by molar-refractivity contribution is -0.137. The molecule has 1 aliphatic carbocycles. The minimum absolute atomic E-state index is 0.0783. The molecule has 1 unspecified atom stereocenters. The number of rotatable bonds is 5. The number of nitrogens with one attached hydrogen (secondary N) is 1. The third-order valence-corrected chi connectivity index (χ3v) is 5.18. The smallest absolute Gasteiger partial charge is 0.361 e. The molecule has 26 heavy (non-hydrogen) atoms. The number of ketones is 1. The molecule has 0 spiro atoms. The van der Waals surface area contributed by atoms with Crippen molar-refractivity contribution in [3.63, 3.8) is 0 Å². The van der Waals surface area contributed by atoms with Gasteiger partial charge in [0.05, 0.1) is 16.6 Å². The fourth-order valence-electron chi connectivity index (χ4n) is 2.89. The molecule has 1 saturated carbocycles. The van der Waals surface area contributed by atoms with Gasteiger partial charge in [-0.25, -0.2) is 13.8 Å². The molecule has 1 fully saturated rings. The number of thiazole rings is 1. The standard InChI is InChI=1S/C17H15F5N2OS/c18-16(19)5-4-10(7-16)8-23-15-24-9-13(26-15)14(25)11-2-1-3-12(6-11)17(20,21)22/h1-3,6,9-10H,4-5,7-8H2,(H,23,24). The van der Waals surface area contributed by atoms with E-state index >= 15 is 0 Å². The highest BCUT2D eigenvalue weighted by Crippen LogP contribution is 2.39. The van der Waals surface area contributed by atoms with Crippen LogP contribution in [-0.2, 0) is 6.18 Å². The van der Waals surface area contributed by atoms with Crippen LogP contribution < -0.4 is 5.32 Å². The van der Waals surface area contributed by atoms with Gasteiger partial charge in [0, 0.05) is 24.9 Å². The van der Waals surface area contributed by atoms with Gasteiger partial charge in [-0.15, -0.1) is 0 Å². The van der Waals surface area contributed by atoms with Gasteiger partial charge in [0.1, 0.15) is 0 Å². The molecule has 1 aromatic carbocycles. The Labute approximate surface area is 150 Å². The summed E-state index contributed by atoms with van der Waals surface area (Å²) < 4.78 is 64.6. The van der Waals surface area contributed by atoms with Crippen LogP contribution in [0.3, 0.4) is 0 Å². The first-order valence-corrected chi connectivity index (χ1v) is 8.75. The van der Waals surface area contributed by atoms with E-state index in [4.69, 9.17) is 0 Å². The Kier molecular flexibility index (Phi) is 5.01. The molecule has 3 rings (SSSR count). The number of carbonyl (C=O) groups excluding carboxylic acids is 1. The molecule has 1 N–H and O–H groups in total. The summed E-state index contributed by atoms with van der Waals surface area (Å²) in [5, 5.41) is 3.31. The van der Waals surface area contributed by atoms with E-state index in [1.165, 1.54) is 18.3 Å². The quantitative estimate of drug-likeness (QED) is 0.561. The molecular weight excluding hydrogens is 375 g/mol. The predicted molar refractivity (Wildman–Crippen MR) is 87.8 cm³/mol. The van der Waals surface area contributed by atoms with Gasteiger partial charge in [0.15, 0.2) is 5.13 Å². The fourth-order valence-corrected chi connectivity index (χ4v) is 3.67. The van der Waals surface area contributed by atoms with Crippen LogP contribution >= 0.6 is 11.3 Å². The van der Waals surface area contributed by atoms with Gasteiger partial charge in [0.25, 0.3) is 0 Å². The number of anilines is 1. The summed E-state index contributed by atoms with van der Waals surface area (Å²) in [5.74, 6) is -3.36. The van der Waals surface area contributed by atoms with Gasteiger partial charge < -0.3 is 5.32 Å². The topological polar surface area (TPSA) is 42.0 Å². The minimum atomic E-state index is -4.53. The predicted octanol–water partition coefficient (Wildman–Crippen LogP) is 5.24. The number of nitrogens with zero attached hydrogens (tertiary/aromatic N) is 1. The highest BCUT2D eigenvalue weighted by atomic mass is 32.1. The largest absolute Gasteiger partial charge is 0.416 e. The van der Waals surface area contributed by atoms with Gasteiger partial charge >= 0.3 is 6.18 Å². The van der Waals surface area contributed by atoms with E-state index in [1.807, 2.05) is 0 Å². The molecule has 1 aliphatic rings. The number of hydrogen-bond acceptors (Lipinski definition) is 4. The minimum Gasteiger partial charge on any atom is -0.361 e. The second kappa shape index (κ2) is 6.94. The van der Waals surface area contributed by atoms with E-state index in [-0.39, 0.29) is 29.2 Å². The zero-order valence-electron chi connectivity index (χ0n) is 13.4. The summed E-state index contributed by atoms with van der Waals surface area (Å²) in [6, 6.07) is 4.19. The lowest BCUT2D eigenvalue weighted by atomic mass is 10.1. The van der Waals surface area contributed by atoms with E-state index in [0.717, 1.165) is 23.5 Å². The normalized spacial score (nSPS) is 19.5. The lowest BCUT2D eigenvalue weighted by Crippen LogP contribution is -2.15. The van der Waals surface area contributed by atoms with Crippen molar-refractivity contribution in [2.24, 2.45) is 5.92 Å². The fraction of sp³-hybridized carbons (Fsp3) is 0.412. The molecule has 1 aromatic heterocycles. The molecule has 0 saturated heterocycles. The average molecular weight is 390 g/mol. The Morgan fingerprint density at radius 1 is 1.35 bits per heavy atom. The molecule has 1 atom stereocenters. The third kappa shape index (κ3) is 4.38. The number of halogens is 5. The summed E-state index contributed by atoms with van der Waals surface area (Å²) in [5.41, 5.74) is -0.973. The summed E-state index contributed by atoms with van der Waals surface area (Å²) in [6.07, 6.45) is -3.14. The maximum absolute atomic E-state index is 13.2. The van der Waals surface area contributed by atoms with E-state index in [1.54, 1.807) is 0 Å². The zero-order chi connectivity index (χ0) is 18.9. The van der Waals surface area contributed by atoms with Gasteiger partial charge in [-0.05, 0) is 24.5 Å². The number of alkyl halides is 5. The zero-order valence-corrected chi connectivity index (χ0v) is 14.3. The first-order chi connectivity index (χ1) is 12.1. The Bertz CT molecular complexity index is 802. The molecule has 0 radical (unpaired) electrons. The van der Waals surface area contributed by atoms with E-state index in [9.17, 15) is 26.7 Å². The van der Waals surface area contributed by atoms with Crippen LogP contribution in [0.1, 0.15) is 40.1 Å². The molecule has 0 amide bonds. The van der Waals surface area contributed by atoms with E-state index < -0.39 is 23.4 Å². The summed E-state index contributed by atoms with van der Waals surface area (Å²) in [7, 11) is 0. The van der Waals surface area contributed by atoms with Crippen molar-refractivity contribution in [1.29, 1.82) is 0 Å². The van der Waals surface area contributed by atoms with E-state index in [2.05, 4.69) is 10.3 Å². The Balaban J connectivity index is 1.65. The van der Waals surface area contributed by atoms with Crippen molar-refractivity contribution in [3.8, 4) is 0 Å². The summed E-state index contributed by atoms with van der Waals surface area (Å²) in [4.78, 5) is 16.6.